The van der Waals surface area contributed by atoms with Crippen LogP contribution in [-0.4, -0.2) is 55.3 Å². The summed E-state index contributed by atoms with van der Waals surface area (Å²) in [6.07, 6.45) is 0.892. The number of aliphatic hydroxyl groups is 1. The Balaban J connectivity index is 1.52. The number of anilines is 1. The van der Waals surface area contributed by atoms with Crippen molar-refractivity contribution in [3.05, 3.63) is 30.5 Å². The van der Waals surface area contributed by atoms with Crippen LogP contribution in [0.5, 0.6) is 23.1 Å². The lowest BCUT2D eigenvalue weighted by atomic mass is 10.3. The fourth-order valence-corrected chi connectivity index (χ4v) is 2.24. The Hall–Kier alpha value is -2.74. The summed E-state index contributed by atoms with van der Waals surface area (Å²) in [7, 11) is 3.33. The van der Waals surface area contributed by atoms with Gasteiger partial charge >= 0.3 is 0 Å². The fourth-order valence-electron chi connectivity index (χ4n) is 2.24. The normalized spacial score (nSPS) is 13.5. The quantitative estimate of drug-likeness (QED) is 0.806. The molecule has 3 rings (SSSR count). The van der Waals surface area contributed by atoms with E-state index in [1.807, 2.05) is 0 Å². The van der Waals surface area contributed by atoms with Gasteiger partial charge in [-0.25, -0.2) is 4.98 Å². The average molecular weight is 333 g/mol. The Kier molecular flexibility index (Phi) is 4.85. The molecule has 0 bridgehead atoms. The van der Waals surface area contributed by atoms with Crippen LogP contribution in [-0.2, 0) is 0 Å². The first kappa shape index (κ1) is 16.1. The monoisotopic (exact) mass is 333 g/mol. The number of benzene rings is 1. The maximum atomic E-state index is 10.2. The van der Waals surface area contributed by atoms with Crippen LogP contribution in [0.3, 0.4) is 0 Å². The molecule has 1 aromatic heterocycles. The van der Waals surface area contributed by atoms with Crippen molar-refractivity contribution in [1.29, 1.82) is 0 Å². The van der Waals surface area contributed by atoms with Gasteiger partial charge in [0.2, 0.25) is 18.6 Å². The minimum atomic E-state index is -0.713. The number of aromatic nitrogens is 2. The van der Waals surface area contributed by atoms with E-state index in [0.29, 0.717) is 35.6 Å². The zero-order chi connectivity index (χ0) is 16.9. The number of rotatable bonds is 7. The van der Waals surface area contributed by atoms with Crippen LogP contribution < -0.4 is 23.8 Å². The zero-order valence-electron chi connectivity index (χ0n) is 13.5. The summed E-state index contributed by atoms with van der Waals surface area (Å²) in [4.78, 5) is 10.1. The van der Waals surface area contributed by atoms with E-state index in [9.17, 15) is 5.11 Å². The molecule has 1 aliphatic rings. The van der Waals surface area contributed by atoms with Crippen molar-refractivity contribution in [1.82, 2.24) is 9.97 Å². The van der Waals surface area contributed by atoms with Crippen molar-refractivity contribution in [2.45, 2.75) is 6.10 Å². The lowest BCUT2D eigenvalue weighted by molar-refractivity contribution is 0.112. The molecular weight excluding hydrogens is 314 g/mol. The third-order valence-corrected chi connectivity index (χ3v) is 3.44. The van der Waals surface area contributed by atoms with Gasteiger partial charge in [-0.3, -0.25) is 0 Å². The molecule has 0 fully saturated rings. The van der Waals surface area contributed by atoms with Crippen LogP contribution >= 0.6 is 0 Å². The molecular formula is C16H19N3O5. The number of methoxy groups -OCH3 is 1. The van der Waals surface area contributed by atoms with Gasteiger partial charge in [-0.1, -0.05) is 0 Å². The van der Waals surface area contributed by atoms with Crippen LogP contribution in [0.25, 0.3) is 0 Å². The molecule has 1 atom stereocenters. The summed E-state index contributed by atoms with van der Waals surface area (Å²) in [5, 5.41) is 10.2. The lowest BCUT2D eigenvalue weighted by Gasteiger charge is -2.21. The summed E-state index contributed by atoms with van der Waals surface area (Å²) in [6, 6.07) is 6.95. The van der Waals surface area contributed by atoms with Gasteiger partial charge in [0.05, 0.1) is 7.11 Å². The summed E-state index contributed by atoms with van der Waals surface area (Å²) in [5.74, 6) is 2.88. The highest BCUT2D eigenvalue weighted by Gasteiger charge is 2.16. The molecule has 128 valence electrons. The highest BCUT2D eigenvalue weighted by molar-refractivity contribution is 5.46. The minimum absolute atomic E-state index is 0.133. The largest absolute Gasteiger partial charge is 0.491 e. The lowest BCUT2D eigenvalue weighted by Crippen LogP contribution is -2.34. The standard InChI is InChI=1S/C16H19N3O5/c1-19(16-17-6-5-15(18-16)21-2)8-11(20)9-22-12-3-4-13-14(7-12)24-10-23-13/h3-7,11,20H,8-10H2,1-2H3. The summed E-state index contributed by atoms with van der Waals surface area (Å²) >= 11 is 0. The number of likely N-dealkylation sites (N-methyl/N-ethyl adjacent to an activating group) is 1. The van der Waals surface area contributed by atoms with E-state index >= 15 is 0 Å². The molecule has 1 unspecified atom stereocenters. The van der Waals surface area contributed by atoms with Gasteiger partial charge in [0.1, 0.15) is 18.5 Å². The second kappa shape index (κ2) is 7.22. The van der Waals surface area contributed by atoms with Crippen LogP contribution in [0.2, 0.25) is 0 Å². The summed E-state index contributed by atoms with van der Waals surface area (Å²) in [5.41, 5.74) is 0. The topological polar surface area (TPSA) is 86.2 Å². The van der Waals surface area contributed by atoms with Crippen molar-refractivity contribution in [3.8, 4) is 23.1 Å². The van der Waals surface area contributed by atoms with Gasteiger partial charge in [0, 0.05) is 31.9 Å². The average Bonchev–Trinajstić information content (AvgIpc) is 3.07. The van der Waals surface area contributed by atoms with Crippen LogP contribution in [0, 0.1) is 0 Å². The van der Waals surface area contributed by atoms with E-state index in [0.717, 1.165) is 0 Å². The number of fused-ring (bicyclic) bond motifs is 1. The minimum Gasteiger partial charge on any atom is -0.491 e. The Morgan fingerprint density at radius 2 is 2.12 bits per heavy atom. The molecule has 0 saturated carbocycles. The molecule has 24 heavy (non-hydrogen) atoms. The number of nitrogens with zero attached hydrogens (tertiary/aromatic N) is 3. The SMILES string of the molecule is COc1ccnc(N(C)CC(O)COc2ccc3c(c2)OCO3)n1. The molecule has 1 N–H and O–H groups in total. The second-order valence-electron chi connectivity index (χ2n) is 5.26. The summed E-state index contributed by atoms with van der Waals surface area (Å²) in [6.45, 7) is 0.665. The van der Waals surface area contributed by atoms with E-state index in [-0.39, 0.29) is 13.4 Å². The number of ether oxygens (including phenoxy) is 4. The Morgan fingerprint density at radius 1 is 1.29 bits per heavy atom. The molecule has 8 heteroatoms. The van der Waals surface area contributed by atoms with Crippen LogP contribution in [0.4, 0.5) is 5.95 Å². The third-order valence-electron chi connectivity index (χ3n) is 3.44. The maximum Gasteiger partial charge on any atom is 0.231 e. The fraction of sp³-hybridized carbons (Fsp3) is 0.375. The van der Waals surface area contributed by atoms with Gasteiger partial charge in [-0.05, 0) is 12.1 Å². The van der Waals surface area contributed by atoms with Gasteiger partial charge in [0.15, 0.2) is 11.5 Å². The molecule has 0 aliphatic carbocycles. The molecule has 8 nitrogen and oxygen atoms in total. The molecule has 0 spiro atoms. The van der Waals surface area contributed by atoms with Gasteiger partial charge in [0.25, 0.3) is 0 Å². The van der Waals surface area contributed by atoms with Crippen molar-refractivity contribution < 1.29 is 24.1 Å². The second-order valence-corrected chi connectivity index (χ2v) is 5.26. The molecule has 1 aromatic carbocycles. The molecule has 0 saturated heterocycles. The van der Waals surface area contributed by atoms with Crippen molar-refractivity contribution in [2.24, 2.45) is 0 Å². The predicted octanol–water partition coefficient (Wildman–Crippen LogP) is 1.09. The highest BCUT2D eigenvalue weighted by Crippen LogP contribution is 2.35. The maximum absolute atomic E-state index is 10.2. The van der Waals surface area contributed by atoms with Crippen LogP contribution in [0.1, 0.15) is 0 Å². The first-order chi connectivity index (χ1) is 11.7. The van der Waals surface area contributed by atoms with E-state index in [2.05, 4.69) is 9.97 Å². The molecule has 1 aliphatic heterocycles. The Morgan fingerprint density at radius 3 is 2.96 bits per heavy atom. The van der Waals surface area contributed by atoms with E-state index in [1.165, 1.54) is 0 Å². The molecule has 0 amide bonds. The van der Waals surface area contributed by atoms with E-state index in [1.54, 1.807) is 49.5 Å². The molecule has 2 heterocycles. The van der Waals surface area contributed by atoms with Crippen molar-refractivity contribution in [3.63, 3.8) is 0 Å². The first-order valence-corrected chi connectivity index (χ1v) is 7.44. The molecule has 0 radical (unpaired) electrons. The van der Waals surface area contributed by atoms with E-state index < -0.39 is 6.10 Å². The van der Waals surface area contributed by atoms with Crippen molar-refractivity contribution >= 4 is 5.95 Å². The third kappa shape index (κ3) is 3.77. The van der Waals surface area contributed by atoms with Crippen molar-refractivity contribution in [2.75, 3.05) is 39.0 Å². The number of aliphatic hydroxyl groups excluding tert-OH is 1. The predicted molar refractivity (Wildman–Crippen MR) is 85.9 cm³/mol. The highest BCUT2D eigenvalue weighted by atomic mass is 16.7. The smallest absolute Gasteiger partial charge is 0.231 e. The Bertz CT molecular complexity index is 697. The van der Waals surface area contributed by atoms with Gasteiger partial charge in [-0.15, -0.1) is 0 Å². The zero-order valence-corrected chi connectivity index (χ0v) is 13.5. The van der Waals surface area contributed by atoms with Gasteiger partial charge in [-0.2, -0.15) is 4.98 Å². The van der Waals surface area contributed by atoms with E-state index in [4.69, 9.17) is 18.9 Å². The number of hydrogen-bond acceptors (Lipinski definition) is 8. The molecule has 2 aromatic rings. The van der Waals surface area contributed by atoms with Crippen LogP contribution in [0.15, 0.2) is 30.5 Å². The number of hydrogen-bond donors (Lipinski definition) is 1. The van der Waals surface area contributed by atoms with Gasteiger partial charge < -0.3 is 29.0 Å². The first-order valence-electron chi connectivity index (χ1n) is 7.44. The Labute approximate surface area is 139 Å². The summed E-state index contributed by atoms with van der Waals surface area (Å²) < 4.78 is 21.2.